The lowest BCUT2D eigenvalue weighted by Gasteiger charge is -2.25. The molecule has 14 heavy (non-hydrogen) atoms. The maximum atomic E-state index is 2.37. The molecule has 1 fully saturated rings. The highest BCUT2D eigenvalue weighted by Gasteiger charge is 2.35. The van der Waals surface area contributed by atoms with E-state index in [9.17, 15) is 0 Å². The first kappa shape index (κ1) is 10.4. The molecule has 0 saturated carbocycles. The zero-order valence-corrected chi connectivity index (χ0v) is 10.3. The van der Waals surface area contributed by atoms with Gasteiger partial charge in [-0.15, -0.1) is 11.8 Å². The Balaban J connectivity index is 2.05. The minimum atomic E-state index is 0.445. The highest BCUT2D eigenvalue weighted by molar-refractivity contribution is 8.05. The van der Waals surface area contributed by atoms with E-state index in [-0.39, 0.29) is 0 Å². The van der Waals surface area contributed by atoms with Gasteiger partial charge in [-0.3, -0.25) is 0 Å². The lowest BCUT2D eigenvalue weighted by Crippen LogP contribution is -2.24. The van der Waals surface area contributed by atoms with Crippen molar-refractivity contribution in [3.05, 3.63) is 30.3 Å². The molecule has 0 radical (unpaired) electrons. The van der Waals surface area contributed by atoms with E-state index in [1.54, 1.807) is 0 Å². The van der Waals surface area contributed by atoms with Crippen molar-refractivity contribution in [1.29, 1.82) is 0 Å². The number of thioether (sulfide) groups is 2. The molecular formula is C12H16S2. The standard InChI is InChI=1S/C12H16S2/c1-12(2)11(8-9-13-12)14-10-6-4-3-5-7-10/h3-7,11H,8-9H2,1-2H3. The lowest BCUT2D eigenvalue weighted by atomic mass is 10.1. The Labute approximate surface area is 94.9 Å². The quantitative estimate of drug-likeness (QED) is 0.743. The lowest BCUT2D eigenvalue weighted by molar-refractivity contribution is 0.682. The Morgan fingerprint density at radius 3 is 2.57 bits per heavy atom. The van der Waals surface area contributed by atoms with Crippen molar-refractivity contribution < 1.29 is 0 Å². The molecule has 0 bridgehead atoms. The summed E-state index contributed by atoms with van der Waals surface area (Å²) in [7, 11) is 0. The van der Waals surface area contributed by atoms with E-state index in [1.165, 1.54) is 17.1 Å². The molecule has 1 aromatic carbocycles. The first-order chi connectivity index (χ1) is 6.68. The minimum absolute atomic E-state index is 0.445. The fourth-order valence-corrected chi connectivity index (χ4v) is 4.58. The zero-order chi connectivity index (χ0) is 10.0. The topological polar surface area (TPSA) is 0 Å². The van der Waals surface area contributed by atoms with Crippen LogP contribution in [0.2, 0.25) is 0 Å². The van der Waals surface area contributed by atoms with Crippen LogP contribution in [0.25, 0.3) is 0 Å². The molecule has 0 aromatic heterocycles. The van der Waals surface area contributed by atoms with Crippen LogP contribution in [0.1, 0.15) is 20.3 Å². The predicted molar refractivity (Wildman–Crippen MR) is 67.2 cm³/mol. The smallest absolute Gasteiger partial charge is 0.0244 e. The van der Waals surface area contributed by atoms with E-state index in [1.807, 2.05) is 11.8 Å². The monoisotopic (exact) mass is 224 g/mol. The summed E-state index contributed by atoms with van der Waals surface area (Å²) in [6, 6.07) is 10.8. The first-order valence-corrected chi connectivity index (χ1v) is 6.91. The summed E-state index contributed by atoms with van der Waals surface area (Å²) >= 11 is 4.14. The van der Waals surface area contributed by atoms with Gasteiger partial charge < -0.3 is 0 Å². The van der Waals surface area contributed by atoms with Crippen LogP contribution in [-0.4, -0.2) is 15.7 Å². The molecule has 1 saturated heterocycles. The van der Waals surface area contributed by atoms with Crippen molar-refractivity contribution in [1.82, 2.24) is 0 Å². The molecule has 1 atom stereocenters. The van der Waals surface area contributed by atoms with Gasteiger partial charge in [0.2, 0.25) is 0 Å². The van der Waals surface area contributed by atoms with Gasteiger partial charge in [-0.1, -0.05) is 18.2 Å². The van der Waals surface area contributed by atoms with Crippen molar-refractivity contribution in [3.63, 3.8) is 0 Å². The summed E-state index contributed by atoms with van der Waals surface area (Å²) in [4.78, 5) is 1.41. The normalized spacial score (nSPS) is 25.1. The summed E-state index contributed by atoms with van der Waals surface area (Å²) < 4.78 is 0.445. The van der Waals surface area contributed by atoms with Crippen molar-refractivity contribution in [2.45, 2.75) is 35.2 Å². The Hall–Kier alpha value is -0.0800. The van der Waals surface area contributed by atoms with E-state index in [2.05, 4.69) is 55.9 Å². The number of hydrogen-bond acceptors (Lipinski definition) is 2. The van der Waals surface area contributed by atoms with Crippen LogP contribution in [-0.2, 0) is 0 Å². The highest BCUT2D eigenvalue weighted by atomic mass is 32.2. The molecule has 1 heterocycles. The van der Waals surface area contributed by atoms with Crippen LogP contribution in [0, 0.1) is 0 Å². The summed E-state index contributed by atoms with van der Waals surface area (Å²) in [5.41, 5.74) is 0. The Bertz CT molecular complexity index is 292. The van der Waals surface area contributed by atoms with Gasteiger partial charge in [0, 0.05) is 14.9 Å². The van der Waals surface area contributed by atoms with Crippen molar-refractivity contribution >= 4 is 23.5 Å². The average Bonchev–Trinajstić information content (AvgIpc) is 2.48. The summed E-state index contributed by atoms with van der Waals surface area (Å²) in [6.07, 6.45) is 1.34. The highest BCUT2D eigenvalue weighted by Crippen LogP contribution is 2.46. The molecule has 1 aliphatic heterocycles. The van der Waals surface area contributed by atoms with E-state index >= 15 is 0 Å². The van der Waals surface area contributed by atoms with Gasteiger partial charge in [-0.25, -0.2) is 0 Å². The Kier molecular flexibility index (Phi) is 3.13. The van der Waals surface area contributed by atoms with Crippen LogP contribution in [0.5, 0.6) is 0 Å². The molecule has 0 aliphatic carbocycles. The van der Waals surface area contributed by atoms with Crippen molar-refractivity contribution in [3.8, 4) is 0 Å². The zero-order valence-electron chi connectivity index (χ0n) is 8.69. The second-order valence-electron chi connectivity index (χ2n) is 4.16. The van der Waals surface area contributed by atoms with Crippen LogP contribution in [0.4, 0.5) is 0 Å². The minimum Gasteiger partial charge on any atom is -0.155 e. The third kappa shape index (κ3) is 2.29. The van der Waals surface area contributed by atoms with E-state index < -0.39 is 0 Å². The first-order valence-electron chi connectivity index (χ1n) is 5.04. The van der Waals surface area contributed by atoms with Crippen molar-refractivity contribution in [2.75, 3.05) is 5.75 Å². The maximum absolute atomic E-state index is 2.37. The van der Waals surface area contributed by atoms with Crippen LogP contribution < -0.4 is 0 Å². The largest absolute Gasteiger partial charge is 0.155 e. The molecule has 0 spiro atoms. The van der Waals surface area contributed by atoms with Gasteiger partial charge >= 0.3 is 0 Å². The van der Waals surface area contributed by atoms with Gasteiger partial charge in [0.15, 0.2) is 0 Å². The van der Waals surface area contributed by atoms with Gasteiger partial charge in [0.1, 0.15) is 0 Å². The molecule has 1 unspecified atom stereocenters. The maximum Gasteiger partial charge on any atom is 0.0244 e. The van der Waals surface area contributed by atoms with E-state index in [4.69, 9.17) is 0 Å². The second kappa shape index (κ2) is 4.19. The van der Waals surface area contributed by atoms with Crippen LogP contribution >= 0.6 is 23.5 Å². The van der Waals surface area contributed by atoms with Crippen molar-refractivity contribution in [2.24, 2.45) is 0 Å². The number of benzene rings is 1. The Morgan fingerprint density at radius 2 is 2.00 bits per heavy atom. The third-order valence-electron chi connectivity index (χ3n) is 2.65. The Morgan fingerprint density at radius 1 is 1.29 bits per heavy atom. The summed E-state index contributed by atoms with van der Waals surface area (Å²) in [6.45, 7) is 4.73. The molecule has 0 N–H and O–H groups in total. The molecule has 0 nitrogen and oxygen atoms in total. The third-order valence-corrected chi connectivity index (χ3v) is 5.92. The SMILES string of the molecule is CC1(C)SCCC1Sc1ccccc1. The van der Waals surface area contributed by atoms with Gasteiger partial charge in [0.25, 0.3) is 0 Å². The molecule has 2 heteroatoms. The second-order valence-corrected chi connectivity index (χ2v) is 7.19. The number of hydrogen-bond donors (Lipinski definition) is 0. The molecule has 76 valence electrons. The fourth-order valence-electron chi connectivity index (χ4n) is 1.73. The van der Waals surface area contributed by atoms with Crippen LogP contribution in [0.15, 0.2) is 35.2 Å². The molecule has 2 rings (SSSR count). The molecule has 1 aliphatic rings. The van der Waals surface area contributed by atoms with Gasteiger partial charge in [-0.05, 0) is 38.2 Å². The predicted octanol–water partition coefficient (Wildman–Crippen LogP) is 4.06. The van der Waals surface area contributed by atoms with E-state index in [0.29, 0.717) is 4.75 Å². The number of rotatable bonds is 2. The molecular weight excluding hydrogens is 208 g/mol. The fraction of sp³-hybridized carbons (Fsp3) is 0.500. The van der Waals surface area contributed by atoms with E-state index in [0.717, 1.165) is 5.25 Å². The summed E-state index contributed by atoms with van der Waals surface area (Å²) in [5, 5.41) is 0.773. The summed E-state index contributed by atoms with van der Waals surface area (Å²) in [5.74, 6) is 1.32. The van der Waals surface area contributed by atoms with Crippen LogP contribution in [0.3, 0.4) is 0 Å². The van der Waals surface area contributed by atoms with Gasteiger partial charge in [-0.2, -0.15) is 11.8 Å². The van der Waals surface area contributed by atoms with Gasteiger partial charge in [0.05, 0.1) is 0 Å². The molecule has 1 aromatic rings. The average molecular weight is 224 g/mol. The molecule has 0 amide bonds.